The monoisotopic (exact) mass is 302 g/mol. The van der Waals surface area contributed by atoms with Crippen LogP contribution in [0, 0.1) is 0 Å². The Kier molecular flexibility index (Phi) is 7.85. The lowest BCUT2D eigenvalue weighted by atomic mass is 9.79. The normalized spacial score (nSPS) is 11.7. The van der Waals surface area contributed by atoms with Crippen LogP contribution in [0.3, 0.4) is 0 Å². The lowest BCUT2D eigenvalue weighted by Crippen LogP contribution is -2.26. The minimum Gasteiger partial charge on any atom is -0.299 e. The largest absolute Gasteiger partial charge is 0.299 e. The van der Waals surface area contributed by atoms with Crippen molar-refractivity contribution < 1.29 is 4.79 Å². The highest BCUT2D eigenvalue weighted by molar-refractivity contribution is 5.87. The average Bonchev–Trinajstić information content (AvgIpc) is 2.47. The molecule has 1 aromatic carbocycles. The van der Waals surface area contributed by atoms with E-state index >= 15 is 0 Å². The van der Waals surface area contributed by atoms with Gasteiger partial charge in [0.05, 0.1) is 0 Å². The topological polar surface area (TPSA) is 17.1 Å². The number of aryl methyl sites for hydroxylation is 2. The van der Waals surface area contributed by atoms with Gasteiger partial charge < -0.3 is 0 Å². The fraction of sp³-hybridized carbons (Fsp3) is 0.667. The molecule has 22 heavy (non-hydrogen) atoms. The summed E-state index contributed by atoms with van der Waals surface area (Å²) in [5.74, 6) is 0.248. The first-order valence-electron chi connectivity index (χ1n) is 9.06. The number of hydrogen-bond donors (Lipinski definition) is 0. The zero-order valence-corrected chi connectivity index (χ0v) is 15.3. The van der Waals surface area contributed by atoms with Gasteiger partial charge in [0.1, 0.15) is 5.78 Å². The van der Waals surface area contributed by atoms with Gasteiger partial charge in [-0.05, 0) is 63.1 Å². The average molecular weight is 303 g/mol. The maximum atomic E-state index is 12.0. The Bertz CT molecular complexity index is 443. The molecule has 0 aliphatic rings. The van der Waals surface area contributed by atoms with Gasteiger partial charge in [0, 0.05) is 5.41 Å². The van der Waals surface area contributed by atoms with E-state index in [1.807, 2.05) is 0 Å². The van der Waals surface area contributed by atoms with Crippen LogP contribution in [0.2, 0.25) is 0 Å². The molecule has 0 saturated heterocycles. The van der Waals surface area contributed by atoms with Crippen molar-refractivity contribution in [1.82, 2.24) is 0 Å². The molecule has 0 atom stereocenters. The van der Waals surface area contributed by atoms with Crippen LogP contribution >= 0.6 is 0 Å². The second kappa shape index (κ2) is 9.12. The SMILES string of the molecule is CCCCCc1cc(CCCCC)cc(C(C)(C)C(C)=O)c1. The molecule has 1 heteroatoms. The van der Waals surface area contributed by atoms with Crippen molar-refractivity contribution in [1.29, 1.82) is 0 Å². The second-order valence-corrected chi connectivity index (χ2v) is 7.13. The molecule has 0 spiro atoms. The third-order valence-electron chi connectivity index (χ3n) is 4.79. The molecule has 0 aromatic heterocycles. The molecule has 0 radical (unpaired) electrons. The summed E-state index contributed by atoms with van der Waals surface area (Å²) in [6, 6.07) is 6.89. The Balaban J connectivity index is 3.00. The number of benzene rings is 1. The molecule has 0 amide bonds. The fourth-order valence-corrected chi connectivity index (χ4v) is 2.77. The number of ketones is 1. The zero-order valence-electron chi connectivity index (χ0n) is 15.3. The van der Waals surface area contributed by atoms with Crippen LogP contribution in [0.1, 0.15) is 89.8 Å². The first-order chi connectivity index (χ1) is 10.4. The summed E-state index contributed by atoms with van der Waals surface area (Å²) in [7, 11) is 0. The number of Topliss-reactive ketones (excluding diaryl/α,β-unsaturated/α-hetero) is 1. The maximum Gasteiger partial charge on any atom is 0.139 e. The van der Waals surface area contributed by atoms with Crippen molar-refractivity contribution in [3.8, 4) is 0 Å². The van der Waals surface area contributed by atoms with E-state index in [0.29, 0.717) is 0 Å². The Hall–Kier alpha value is -1.11. The molecule has 0 heterocycles. The Morgan fingerprint density at radius 2 is 1.32 bits per heavy atom. The highest BCUT2D eigenvalue weighted by atomic mass is 16.1. The van der Waals surface area contributed by atoms with E-state index in [4.69, 9.17) is 0 Å². The summed E-state index contributed by atoms with van der Waals surface area (Å²) in [5, 5.41) is 0. The van der Waals surface area contributed by atoms with Crippen molar-refractivity contribution in [2.75, 3.05) is 0 Å². The van der Waals surface area contributed by atoms with E-state index in [-0.39, 0.29) is 11.2 Å². The van der Waals surface area contributed by atoms with Gasteiger partial charge in [-0.25, -0.2) is 0 Å². The van der Waals surface area contributed by atoms with E-state index < -0.39 is 0 Å². The zero-order chi connectivity index (χ0) is 16.6. The van der Waals surface area contributed by atoms with Crippen molar-refractivity contribution in [3.05, 3.63) is 34.9 Å². The highest BCUT2D eigenvalue weighted by Gasteiger charge is 2.26. The molecule has 0 fully saturated rings. The van der Waals surface area contributed by atoms with E-state index in [2.05, 4.69) is 45.9 Å². The van der Waals surface area contributed by atoms with Crippen LogP contribution in [0.5, 0.6) is 0 Å². The van der Waals surface area contributed by atoms with Gasteiger partial charge in [-0.1, -0.05) is 57.7 Å². The van der Waals surface area contributed by atoms with Crippen molar-refractivity contribution in [2.24, 2.45) is 0 Å². The molecular formula is C21H34O. The predicted octanol–water partition coefficient (Wildman–Crippen LogP) is 6.02. The van der Waals surface area contributed by atoms with Crippen LogP contribution < -0.4 is 0 Å². The minimum absolute atomic E-state index is 0.248. The third kappa shape index (κ3) is 5.59. The molecule has 0 aliphatic heterocycles. The smallest absolute Gasteiger partial charge is 0.139 e. The van der Waals surface area contributed by atoms with E-state index in [1.165, 1.54) is 55.2 Å². The number of carbonyl (C=O) groups is 1. The number of hydrogen-bond acceptors (Lipinski definition) is 1. The summed E-state index contributed by atoms with van der Waals surface area (Å²) in [4.78, 5) is 12.0. The molecule has 0 saturated carbocycles. The van der Waals surface area contributed by atoms with E-state index in [9.17, 15) is 4.79 Å². The standard InChI is InChI=1S/C21H34O/c1-6-8-10-12-18-14-19(13-11-9-7-2)16-20(15-18)21(4,5)17(3)22/h14-16H,6-13H2,1-5H3. The molecule has 0 unspecified atom stereocenters. The molecule has 124 valence electrons. The first-order valence-corrected chi connectivity index (χ1v) is 9.06. The predicted molar refractivity (Wildman–Crippen MR) is 96.6 cm³/mol. The van der Waals surface area contributed by atoms with Crippen LogP contribution in [0.15, 0.2) is 18.2 Å². The molecule has 1 rings (SSSR count). The molecular weight excluding hydrogens is 268 g/mol. The Morgan fingerprint density at radius 1 is 0.864 bits per heavy atom. The quantitative estimate of drug-likeness (QED) is 0.483. The lowest BCUT2D eigenvalue weighted by molar-refractivity contribution is -0.121. The summed E-state index contributed by atoms with van der Waals surface area (Å²) in [6.45, 7) is 10.3. The molecule has 0 bridgehead atoms. The van der Waals surface area contributed by atoms with Crippen LogP contribution in [0.25, 0.3) is 0 Å². The summed E-state index contributed by atoms with van der Waals surface area (Å²) < 4.78 is 0. The number of unbranched alkanes of at least 4 members (excludes halogenated alkanes) is 4. The van der Waals surface area contributed by atoms with Gasteiger partial charge in [0.15, 0.2) is 0 Å². The van der Waals surface area contributed by atoms with Gasteiger partial charge in [0.25, 0.3) is 0 Å². The van der Waals surface area contributed by atoms with Gasteiger partial charge in [-0.15, -0.1) is 0 Å². The minimum atomic E-state index is -0.375. The van der Waals surface area contributed by atoms with Crippen molar-refractivity contribution in [2.45, 2.75) is 91.4 Å². The molecule has 0 aliphatic carbocycles. The van der Waals surface area contributed by atoms with E-state index in [1.54, 1.807) is 6.92 Å². The first kappa shape index (κ1) is 18.9. The summed E-state index contributed by atoms with van der Waals surface area (Å²) in [6.07, 6.45) is 9.83. The van der Waals surface area contributed by atoms with Crippen LogP contribution in [-0.2, 0) is 23.1 Å². The van der Waals surface area contributed by atoms with Crippen LogP contribution in [0.4, 0.5) is 0 Å². The van der Waals surface area contributed by atoms with Crippen molar-refractivity contribution >= 4 is 5.78 Å². The van der Waals surface area contributed by atoms with Gasteiger partial charge >= 0.3 is 0 Å². The van der Waals surface area contributed by atoms with Crippen LogP contribution in [-0.4, -0.2) is 5.78 Å². The summed E-state index contributed by atoms with van der Waals surface area (Å²) in [5.41, 5.74) is 3.64. The number of rotatable bonds is 10. The second-order valence-electron chi connectivity index (χ2n) is 7.13. The van der Waals surface area contributed by atoms with Gasteiger partial charge in [0.2, 0.25) is 0 Å². The van der Waals surface area contributed by atoms with Gasteiger partial charge in [-0.2, -0.15) is 0 Å². The molecule has 0 N–H and O–H groups in total. The third-order valence-corrected chi connectivity index (χ3v) is 4.79. The maximum absolute atomic E-state index is 12.0. The highest BCUT2D eigenvalue weighted by Crippen LogP contribution is 2.27. The summed E-state index contributed by atoms with van der Waals surface area (Å²) >= 11 is 0. The van der Waals surface area contributed by atoms with E-state index in [0.717, 1.165) is 12.8 Å². The number of carbonyl (C=O) groups excluding carboxylic acids is 1. The lowest BCUT2D eigenvalue weighted by Gasteiger charge is -2.24. The Labute approximate surface area is 137 Å². The molecule has 1 aromatic rings. The fourth-order valence-electron chi connectivity index (χ4n) is 2.77. The Morgan fingerprint density at radius 3 is 1.68 bits per heavy atom. The van der Waals surface area contributed by atoms with Gasteiger partial charge in [-0.3, -0.25) is 4.79 Å². The van der Waals surface area contributed by atoms with Crippen molar-refractivity contribution in [3.63, 3.8) is 0 Å². The molecule has 1 nitrogen and oxygen atoms in total.